The summed E-state index contributed by atoms with van der Waals surface area (Å²) in [6, 6.07) is 5.80. The predicted molar refractivity (Wildman–Crippen MR) is 83.3 cm³/mol. The van der Waals surface area contributed by atoms with Crippen molar-refractivity contribution in [2.24, 2.45) is 0 Å². The largest absolute Gasteiger partial charge is 0.493 e. The Kier molecular flexibility index (Phi) is 5.74. The molecule has 1 amide bonds. The van der Waals surface area contributed by atoms with Crippen LogP contribution in [0.25, 0.3) is 0 Å². The molecule has 116 valence electrons. The lowest BCUT2D eigenvalue weighted by Crippen LogP contribution is -2.38. The molecule has 1 fully saturated rings. The summed E-state index contributed by atoms with van der Waals surface area (Å²) in [6.45, 7) is 0. The first-order chi connectivity index (χ1) is 10.1. The van der Waals surface area contributed by atoms with Crippen LogP contribution in [0.15, 0.2) is 18.2 Å². The minimum absolute atomic E-state index is 0.0419. The second-order valence-electron chi connectivity index (χ2n) is 5.38. The highest BCUT2D eigenvalue weighted by Crippen LogP contribution is 2.28. The Morgan fingerprint density at radius 2 is 1.86 bits per heavy atom. The van der Waals surface area contributed by atoms with E-state index >= 15 is 0 Å². The molecule has 0 unspecified atom stereocenters. The van der Waals surface area contributed by atoms with Crippen molar-refractivity contribution in [2.75, 3.05) is 14.2 Å². The number of methoxy groups -OCH3 is 2. The van der Waals surface area contributed by atoms with E-state index in [1.54, 1.807) is 14.2 Å². The maximum atomic E-state index is 12.1. The molecule has 0 heterocycles. The average Bonchev–Trinajstić information content (AvgIpc) is 2.49. The van der Waals surface area contributed by atoms with Crippen LogP contribution < -0.4 is 14.8 Å². The number of benzene rings is 1. The molecule has 4 nitrogen and oxygen atoms in total. The van der Waals surface area contributed by atoms with Crippen molar-refractivity contribution in [1.82, 2.24) is 5.32 Å². The monoisotopic (exact) mass is 311 g/mol. The van der Waals surface area contributed by atoms with Crippen LogP contribution in [-0.2, 0) is 11.2 Å². The van der Waals surface area contributed by atoms with Crippen molar-refractivity contribution < 1.29 is 14.3 Å². The Morgan fingerprint density at radius 3 is 2.48 bits per heavy atom. The molecule has 0 spiro atoms. The summed E-state index contributed by atoms with van der Waals surface area (Å²) in [5, 5.41) is 3.35. The highest BCUT2D eigenvalue weighted by molar-refractivity contribution is 6.20. The van der Waals surface area contributed by atoms with Gasteiger partial charge in [0.2, 0.25) is 5.91 Å². The number of alkyl halides is 1. The van der Waals surface area contributed by atoms with E-state index in [1.807, 2.05) is 18.2 Å². The first kappa shape index (κ1) is 16.0. The Balaban J connectivity index is 1.90. The first-order valence-corrected chi connectivity index (χ1v) is 7.70. The third-order valence-corrected chi connectivity index (χ3v) is 4.27. The molecule has 1 aromatic rings. The van der Waals surface area contributed by atoms with Gasteiger partial charge in [0.1, 0.15) is 0 Å². The van der Waals surface area contributed by atoms with Crippen molar-refractivity contribution in [2.45, 2.75) is 43.5 Å². The molecule has 1 aliphatic rings. The fourth-order valence-electron chi connectivity index (χ4n) is 2.65. The van der Waals surface area contributed by atoms with E-state index in [4.69, 9.17) is 21.1 Å². The van der Waals surface area contributed by atoms with E-state index in [9.17, 15) is 4.79 Å². The van der Waals surface area contributed by atoms with Crippen LogP contribution in [0.2, 0.25) is 0 Å². The summed E-state index contributed by atoms with van der Waals surface area (Å²) in [4.78, 5) is 12.1. The van der Waals surface area contributed by atoms with E-state index in [0.717, 1.165) is 31.2 Å². The molecule has 1 aromatic carbocycles. The van der Waals surface area contributed by atoms with Gasteiger partial charge in [-0.15, -0.1) is 11.6 Å². The van der Waals surface area contributed by atoms with Gasteiger partial charge < -0.3 is 14.8 Å². The van der Waals surface area contributed by atoms with Gasteiger partial charge in [-0.05, 0) is 43.4 Å². The summed E-state index contributed by atoms with van der Waals surface area (Å²) in [5.41, 5.74) is 0.913. The molecule has 0 aromatic heterocycles. The maximum Gasteiger partial charge on any atom is 0.224 e. The number of carbonyl (C=O) groups is 1. The van der Waals surface area contributed by atoms with Crippen molar-refractivity contribution in [3.8, 4) is 11.5 Å². The third-order valence-electron chi connectivity index (χ3n) is 3.83. The standard InChI is InChI=1S/C16H22ClNO3/c1-20-14-8-3-11(9-15(14)21-2)10-16(19)18-13-6-4-12(17)5-7-13/h3,8-9,12-13H,4-7,10H2,1-2H3,(H,18,19). The van der Waals surface area contributed by atoms with Gasteiger partial charge in [-0.25, -0.2) is 0 Å². The second kappa shape index (κ2) is 7.55. The van der Waals surface area contributed by atoms with Crippen LogP contribution in [0.4, 0.5) is 0 Å². The zero-order valence-electron chi connectivity index (χ0n) is 12.5. The summed E-state index contributed by atoms with van der Waals surface area (Å²) in [5.74, 6) is 1.35. The smallest absolute Gasteiger partial charge is 0.224 e. The highest BCUT2D eigenvalue weighted by Gasteiger charge is 2.21. The lowest BCUT2D eigenvalue weighted by molar-refractivity contribution is -0.121. The molecule has 5 heteroatoms. The molecular formula is C16H22ClNO3. The normalized spacial score (nSPS) is 21.7. The molecule has 1 aliphatic carbocycles. The minimum Gasteiger partial charge on any atom is -0.493 e. The lowest BCUT2D eigenvalue weighted by Gasteiger charge is -2.25. The van der Waals surface area contributed by atoms with E-state index in [0.29, 0.717) is 17.9 Å². The summed E-state index contributed by atoms with van der Waals surface area (Å²) >= 11 is 6.07. The fourth-order valence-corrected chi connectivity index (χ4v) is 2.90. The Bertz CT molecular complexity index is 484. The zero-order valence-corrected chi connectivity index (χ0v) is 13.3. The molecule has 0 saturated heterocycles. The first-order valence-electron chi connectivity index (χ1n) is 7.26. The van der Waals surface area contributed by atoms with Gasteiger partial charge in [-0.3, -0.25) is 4.79 Å². The zero-order chi connectivity index (χ0) is 15.2. The summed E-state index contributed by atoms with van der Waals surface area (Å²) < 4.78 is 10.4. The Morgan fingerprint density at radius 1 is 1.19 bits per heavy atom. The van der Waals surface area contributed by atoms with Crippen LogP contribution >= 0.6 is 11.6 Å². The number of hydrogen-bond donors (Lipinski definition) is 1. The third kappa shape index (κ3) is 4.53. The second-order valence-corrected chi connectivity index (χ2v) is 6.00. The highest BCUT2D eigenvalue weighted by atomic mass is 35.5. The van der Waals surface area contributed by atoms with Crippen LogP contribution in [0, 0.1) is 0 Å². The Labute approximate surface area is 130 Å². The number of ether oxygens (including phenoxy) is 2. The molecular weight excluding hydrogens is 290 g/mol. The van der Waals surface area contributed by atoms with Crippen molar-refractivity contribution in [3.05, 3.63) is 23.8 Å². The van der Waals surface area contributed by atoms with Gasteiger partial charge in [0.05, 0.1) is 20.6 Å². The van der Waals surface area contributed by atoms with Gasteiger partial charge >= 0.3 is 0 Å². The number of rotatable bonds is 5. The van der Waals surface area contributed by atoms with E-state index < -0.39 is 0 Å². The van der Waals surface area contributed by atoms with Crippen LogP contribution in [0.5, 0.6) is 11.5 Å². The molecule has 0 radical (unpaired) electrons. The van der Waals surface area contributed by atoms with E-state index in [1.165, 1.54) is 0 Å². The van der Waals surface area contributed by atoms with Gasteiger partial charge in [-0.1, -0.05) is 6.07 Å². The maximum absolute atomic E-state index is 12.1. The molecule has 0 atom stereocenters. The van der Waals surface area contributed by atoms with Crippen molar-refractivity contribution in [3.63, 3.8) is 0 Å². The predicted octanol–water partition coefficient (Wildman–Crippen LogP) is 2.91. The molecule has 0 aliphatic heterocycles. The molecule has 21 heavy (non-hydrogen) atoms. The number of hydrogen-bond acceptors (Lipinski definition) is 3. The molecule has 1 N–H and O–H groups in total. The van der Waals surface area contributed by atoms with Crippen molar-refractivity contribution in [1.29, 1.82) is 0 Å². The van der Waals surface area contributed by atoms with Gasteiger partial charge in [0, 0.05) is 11.4 Å². The summed E-state index contributed by atoms with van der Waals surface area (Å²) in [6.07, 6.45) is 4.23. The van der Waals surface area contributed by atoms with Crippen LogP contribution in [-0.4, -0.2) is 31.5 Å². The van der Waals surface area contributed by atoms with E-state index in [2.05, 4.69) is 5.32 Å². The van der Waals surface area contributed by atoms with Crippen molar-refractivity contribution >= 4 is 17.5 Å². The number of amides is 1. The lowest BCUT2D eigenvalue weighted by atomic mass is 9.95. The van der Waals surface area contributed by atoms with E-state index in [-0.39, 0.29) is 17.3 Å². The summed E-state index contributed by atoms with van der Waals surface area (Å²) in [7, 11) is 3.18. The quantitative estimate of drug-likeness (QED) is 0.851. The SMILES string of the molecule is COc1ccc(CC(=O)NC2CCC(Cl)CC2)cc1OC. The fraction of sp³-hybridized carbons (Fsp3) is 0.562. The van der Waals surface area contributed by atoms with Gasteiger partial charge in [0.15, 0.2) is 11.5 Å². The van der Waals surface area contributed by atoms with Gasteiger partial charge in [-0.2, -0.15) is 0 Å². The molecule has 2 rings (SSSR count). The molecule has 1 saturated carbocycles. The minimum atomic E-state index is 0.0419. The number of nitrogens with one attached hydrogen (secondary N) is 1. The topological polar surface area (TPSA) is 47.6 Å². The van der Waals surface area contributed by atoms with Crippen LogP contribution in [0.1, 0.15) is 31.2 Å². The number of halogens is 1. The van der Waals surface area contributed by atoms with Gasteiger partial charge in [0.25, 0.3) is 0 Å². The van der Waals surface area contributed by atoms with Crippen LogP contribution in [0.3, 0.4) is 0 Å². The molecule has 0 bridgehead atoms. The number of carbonyl (C=O) groups excluding carboxylic acids is 1. The Hall–Kier alpha value is -1.42. The average molecular weight is 312 g/mol.